The first-order chi connectivity index (χ1) is 9.95. The zero-order valence-electron chi connectivity index (χ0n) is 12.9. The highest BCUT2D eigenvalue weighted by Crippen LogP contribution is 2.31. The van der Waals surface area contributed by atoms with Crippen molar-refractivity contribution in [3.05, 3.63) is 50.8 Å². The number of halogens is 2. The summed E-state index contributed by atoms with van der Waals surface area (Å²) in [6, 6.07) is 5.88. The molecule has 0 radical (unpaired) electrons. The van der Waals surface area contributed by atoms with E-state index in [-0.39, 0.29) is 6.04 Å². The summed E-state index contributed by atoms with van der Waals surface area (Å²) in [5.41, 5.74) is 4.52. The van der Waals surface area contributed by atoms with Gasteiger partial charge in [-0.15, -0.1) is 0 Å². The van der Waals surface area contributed by atoms with Gasteiger partial charge in [0.05, 0.1) is 21.8 Å². The monoisotopic (exact) mass is 325 g/mol. The predicted octanol–water partition coefficient (Wildman–Crippen LogP) is 4.43. The van der Waals surface area contributed by atoms with Crippen molar-refractivity contribution in [3.8, 4) is 0 Å². The molecule has 3 nitrogen and oxygen atoms in total. The lowest BCUT2D eigenvalue weighted by atomic mass is 9.97. The van der Waals surface area contributed by atoms with Gasteiger partial charge in [-0.05, 0) is 44.5 Å². The third kappa shape index (κ3) is 3.42. The highest BCUT2D eigenvalue weighted by atomic mass is 35.5. The molecule has 0 fully saturated rings. The Morgan fingerprint density at radius 3 is 2.48 bits per heavy atom. The van der Waals surface area contributed by atoms with Gasteiger partial charge in [0.2, 0.25) is 0 Å². The van der Waals surface area contributed by atoms with Gasteiger partial charge in [0.15, 0.2) is 0 Å². The Kier molecular flexibility index (Phi) is 5.31. The molecule has 114 valence electrons. The number of benzene rings is 1. The van der Waals surface area contributed by atoms with Crippen molar-refractivity contribution in [3.63, 3.8) is 0 Å². The number of aromatic nitrogens is 2. The van der Waals surface area contributed by atoms with Gasteiger partial charge in [-0.25, -0.2) is 0 Å². The maximum absolute atomic E-state index is 6.18. The van der Waals surface area contributed by atoms with Crippen LogP contribution >= 0.6 is 23.2 Å². The second-order valence-electron chi connectivity index (χ2n) is 5.27. The molecular formula is C16H21Cl2N3. The van der Waals surface area contributed by atoms with Crippen LogP contribution in [-0.4, -0.2) is 16.3 Å². The molecule has 1 unspecified atom stereocenters. The molecule has 1 aromatic heterocycles. The fraction of sp³-hybridized carbons (Fsp3) is 0.438. The van der Waals surface area contributed by atoms with Crippen LogP contribution in [0.2, 0.25) is 10.0 Å². The molecule has 1 aromatic carbocycles. The van der Waals surface area contributed by atoms with E-state index < -0.39 is 0 Å². The Balaban J connectivity index is 2.49. The Morgan fingerprint density at radius 2 is 1.95 bits per heavy atom. The van der Waals surface area contributed by atoms with E-state index in [0.29, 0.717) is 10.0 Å². The summed E-state index contributed by atoms with van der Waals surface area (Å²) >= 11 is 12.2. The molecule has 0 saturated heterocycles. The number of hydrogen-bond donors (Lipinski definition) is 1. The van der Waals surface area contributed by atoms with Crippen molar-refractivity contribution in [2.24, 2.45) is 7.05 Å². The number of nitrogens with zero attached hydrogens (tertiary/aromatic N) is 2. The van der Waals surface area contributed by atoms with E-state index >= 15 is 0 Å². The van der Waals surface area contributed by atoms with Gasteiger partial charge in [0.1, 0.15) is 0 Å². The number of nitrogens with one attached hydrogen (secondary N) is 1. The van der Waals surface area contributed by atoms with E-state index in [0.717, 1.165) is 29.9 Å². The van der Waals surface area contributed by atoms with Crippen LogP contribution in [0.1, 0.15) is 41.9 Å². The first kappa shape index (κ1) is 16.3. The summed E-state index contributed by atoms with van der Waals surface area (Å²) in [6.45, 7) is 7.22. The molecule has 2 aromatic rings. The molecule has 0 aliphatic carbocycles. The summed E-state index contributed by atoms with van der Waals surface area (Å²) in [7, 11) is 1.97. The van der Waals surface area contributed by atoms with Crippen molar-refractivity contribution >= 4 is 23.2 Å². The molecule has 0 aliphatic heterocycles. The van der Waals surface area contributed by atoms with E-state index in [4.69, 9.17) is 23.2 Å². The fourth-order valence-electron chi connectivity index (χ4n) is 2.57. The molecule has 0 spiro atoms. The summed E-state index contributed by atoms with van der Waals surface area (Å²) in [5.74, 6) is 0. The molecule has 0 bridgehead atoms. The van der Waals surface area contributed by atoms with E-state index in [2.05, 4.69) is 24.3 Å². The number of aryl methyl sites for hydroxylation is 2. The Bertz CT molecular complexity index is 635. The minimum atomic E-state index is 0.0772. The molecule has 0 saturated carbocycles. The lowest BCUT2D eigenvalue weighted by Gasteiger charge is -2.20. The predicted molar refractivity (Wildman–Crippen MR) is 89.3 cm³/mol. The van der Waals surface area contributed by atoms with Crippen molar-refractivity contribution < 1.29 is 0 Å². The van der Waals surface area contributed by atoms with Crippen molar-refractivity contribution in [2.45, 2.75) is 33.2 Å². The largest absolute Gasteiger partial charge is 0.306 e. The minimum Gasteiger partial charge on any atom is -0.306 e. The van der Waals surface area contributed by atoms with Crippen molar-refractivity contribution in [1.29, 1.82) is 0 Å². The van der Waals surface area contributed by atoms with Crippen LogP contribution in [0.3, 0.4) is 0 Å². The van der Waals surface area contributed by atoms with Crippen molar-refractivity contribution in [1.82, 2.24) is 15.1 Å². The van der Waals surface area contributed by atoms with Crippen LogP contribution < -0.4 is 5.32 Å². The van der Waals surface area contributed by atoms with E-state index in [1.54, 1.807) is 0 Å². The first-order valence-electron chi connectivity index (χ1n) is 7.14. The fourth-order valence-corrected chi connectivity index (χ4v) is 2.88. The third-order valence-corrected chi connectivity index (χ3v) is 4.47. The average Bonchev–Trinajstić information content (AvgIpc) is 2.69. The van der Waals surface area contributed by atoms with Crippen LogP contribution in [0.15, 0.2) is 18.2 Å². The maximum Gasteiger partial charge on any atom is 0.0647 e. The molecular weight excluding hydrogens is 305 g/mol. The Hall–Kier alpha value is -1.03. The van der Waals surface area contributed by atoms with Crippen LogP contribution in [0.25, 0.3) is 0 Å². The quantitative estimate of drug-likeness (QED) is 0.881. The highest BCUT2D eigenvalue weighted by Gasteiger charge is 2.22. The zero-order valence-corrected chi connectivity index (χ0v) is 14.4. The lowest BCUT2D eigenvalue weighted by molar-refractivity contribution is 0.593. The van der Waals surface area contributed by atoms with Gasteiger partial charge >= 0.3 is 0 Å². The van der Waals surface area contributed by atoms with Gasteiger partial charge in [0.25, 0.3) is 0 Å². The topological polar surface area (TPSA) is 29.9 Å². The second kappa shape index (κ2) is 6.82. The van der Waals surface area contributed by atoms with Gasteiger partial charge in [-0.1, -0.05) is 36.2 Å². The number of rotatable bonds is 5. The number of hydrogen-bond acceptors (Lipinski definition) is 2. The SMILES string of the molecule is CCCNC(c1ccc(Cl)c(Cl)c1)c1c(C)nn(C)c1C. The van der Waals surface area contributed by atoms with E-state index in [9.17, 15) is 0 Å². The Labute approximate surface area is 136 Å². The van der Waals surface area contributed by atoms with Crippen LogP contribution in [-0.2, 0) is 7.05 Å². The highest BCUT2D eigenvalue weighted by molar-refractivity contribution is 6.42. The minimum absolute atomic E-state index is 0.0772. The standard InChI is InChI=1S/C16H21Cl2N3/c1-5-8-19-16(12-6-7-13(17)14(18)9-12)15-10(2)20-21(4)11(15)3/h6-7,9,16,19H,5,8H2,1-4H3. The second-order valence-corrected chi connectivity index (χ2v) is 6.08. The van der Waals surface area contributed by atoms with Gasteiger partial charge in [0, 0.05) is 18.3 Å². The van der Waals surface area contributed by atoms with E-state index in [1.807, 2.05) is 36.9 Å². The van der Waals surface area contributed by atoms with Gasteiger partial charge in [-0.2, -0.15) is 5.10 Å². The maximum atomic E-state index is 6.18. The van der Waals surface area contributed by atoms with Gasteiger partial charge < -0.3 is 5.32 Å². The molecule has 5 heteroatoms. The third-order valence-electron chi connectivity index (χ3n) is 3.73. The van der Waals surface area contributed by atoms with Crippen LogP contribution in [0.5, 0.6) is 0 Å². The molecule has 1 heterocycles. The van der Waals surface area contributed by atoms with E-state index in [1.165, 1.54) is 5.56 Å². The summed E-state index contributed by atoms with van der Waals surface area (Å²) in [4.78, 5) is 0. The molecule has 2 rings (SSSR count). The molecule has 0 aliphatic rings. The molecule has 1 atom stereocenters. The lowest BCUT2D eigenvalue weighted by Crippen LogP contribution is -2.24. The zero-order chi connectivity index (χ0) is 15.6. The molecule has 0 amide bonds. The summed E-state index contributed by atoms with van der Waals surface area (Å²) in [6.07, 6.45) is 1.07. The van der Waals surface area contributed by atoms with Gasteiger partial charge in [-0.3, -0.25) is 4.68 Å². The smallest absolute Gasteiger partial charge is 0.0647 e. The Morgan fingerprint density at radius 1 is 1.24 bits per heavy atom. The summed E-state index contributed by atoms with van der Waals surface area (Å²) in [5, 5.41) is 9.27. The first-order valence-corrected chi connectivity index (χ1v) is 7.89. The van der Waals surface area contributed by atoms with Crippen molar-refractivity contribution in [2.75, 3.05) is 6.54 Å². The molecule has 1 N–H and O–H groups in total. The van der Waals surface area contributed by atoms with Crippen LogP contribution in [0, 0.1) is 13.8 Å². The summed E-state index contributed by atoms with van der Waals surface area (Å²) < 4.78 is 1.92. The normalized spacial score (nSPS) is 12.7. The molecule has 21 heavy (non-hydrogen) atoms. The average molecular weight is 326 g/mol. The van der Waals surface area contributed by atoms with Crippen LogP contribution in [0.4, 0.5) is 0 Å².